The fourth-order valence-corrected chi connectivity index (χ4v) is 1.39. The molecule has 1 saturated carbocycles. The number of carbonyl (C=O) groups excluding carboxylic acids is 1. The van der Waals surface area contributed by atoms with Gasteiger partial charge >= 0.3 is 0 Å². The highest BCUT2D eigenvalue weighted by molar-refractivity contribution is 5.78. The summed E-state index contributed by atoms with van der Waals surface area (Å²) in [6.07, 6.45) is 3.31. The first-order valence-corrected chi connectivity index (χ1v) is 5.14. The molecule has 2 atom stereocenters. The van der Waals surface area contributed by atoms with Crippen molar-refractivity contribution in [3.63, 3.8) is 0 Å². The van der Waals surface area contributed by atoms with E-state index in [-0.39, 0.29) is 17.9 Å². The Kier molecular flexibility index (Phi) is 3.72. The molecule has 0 bridgehead atoms. The van der Waals surface area contributed by atoms with Gasteiger partial charge in [-0.25, -0.2) is 0 Å². The Labute approximate surface area is 80.1 Å². The van der Waals surface area contributed by atoms with Crippen molar-refractivity contribution in [2.24, 2.45) is 17.6 Å². The monoisotopic (exact) mass is 184 g/mol. The van der Waals surface area contributed by atoms with E-state index >= 15 is 0 Å². The summed E-state index contributed by atoms with van der Waals surface area (Å²) < 4.78 is 0. The highest BCUT2D eigenvalue weighted by Gasteiger charge is 2.32. The Morgan fingerprint density at radius 3 is 2.62 bits per heavy atom. The average molecular weight is 184 g/mol. The third-order valence-corrected chi connectivity index (χ3v) is 2.64. The molecule has 1 aliphatic rings. The Morgan fingerprint density at radius 2 is 2.15 bits per heavy atom. The number of nitrogens with two attached hydrogens (primary N) is 1. The van der Waals surface area contributed by atoms with Crippen LogP contribution in [0.25, 0.3) is 0 Å². The molecule has 1 fully saturated rings. The largest absolute Gasteiger partial charge is 0.356 e. The Balaban J connectivity index is 2.09. The molecule has 0 aromatic rings. The minimum absolute atomic E-state index is 0.177. The Bertz CT molecular complexity index is 176. The van der Waals surface area contributed by atoms with Crippen LogP contribution in [-0.4, -0.2) is 18.5 Å². The van der Waals surface area contributed by atoms with Crippen molar-refractivity contribution in [2.45, 2.75) is 39.2 Å². The zero-order valence-corrected chi connectivity index (χ0v) is 8.55. The first-order valence-electron chi connectivity index (χ1n) is 5.14. The van der Waals surface area contributed by atoms with E-state index in [0.29, 0.717) is 12.5 Å². The minimum Gasteiger partial charge on any atom is -0.356 e. The van der Waals surface area contributed by atoms with Crippen LogP contribution in [0.3, 0.4) is 0 Å². The fourth-order valence-electron chi connectivity index (χ4n) is 1.39. The van der Waals surface area contributed by atoms with Gasteiger partial charge in [-0.2, -0.15) is 0 Å². The van der Waals surface area contributed by atoms with Gasteiger partial charge in [0.05, 0.1) is 0 Å². The van der Waals surface area contributed by atoms with Crippen LogP contribution < -0.4 is 11.1 Å². The van der Waals surface area contributed by atoms with Gasteiger partial charge in [-0.05, 0) is 32.1 Å². The smallest absolute Gasteiger partial charge is 0.223 e. The number of carbonyl (C=O) groups is 1. The SMILES string of the molecule is CC(N)CCNC(=O)C(C)C1CC1. The van der Waals surface area contributed by atoms with Gasteiger partial charge in [0.1, 0.15) is 0 Å². The molecule has 1 amide bonds. The van der Waals surface area contributed by atoms with Crippen LogP contribution >= 0.6 is 0 Å². The standard InChI is InChI=1S/C10H20N2O/c1-7(11)5-6-12-10(13)8(2)9-3-4-9/h7-9H,3-6,11H2,1-2H3,(H,12,13). The van der Waals surface area contributed by atoms with Gasteiger partial charge in [0.25, 0.3) is 0 Å². The van der Waals surface area contributed by atoms with Gasteiger partial charge in [-0.1, -0.05) is 6.92 Å². The van der Waals surface area contributed by atoms with Crippen LogP contribution in [0.15, 0.2) is 0 Å². The fraction of sp³-hybridized carbons (Fsp3) is 0.900. The van der Waals surface area contributed by atoms with Crippen molar-refractivity contribution in [3.05, 3.63) is 0 Å². The number of hydrogen-bond donors (Lipinski definition) is 2. The maximum absolute atomic E-state index is 11.5. The lowest BCUT2D eigenvalue weighted by Gasteiger charge is -2.11. The molecule has 3 nitrogen and oxygen atoms in total. The third-order valence-electron chi connectivity index (χ3n) is 2.64. The third kappa shape index (κ3) is 3.77. The van der Waals surface area contributed by atoms with Gasteiger partial charge < -0.3 is 11.1 Å². The van der Waals surface area contributed by atoms with Crippen LogP contribution in [0.5, 0.6) is 0 Å². The lowest BCUT2D eigenvalue weighted by atomic mass is 10.1. The molecular weight excluding hydrogens is 164 g/mol. The average Bonchev–Trinajstić information content (AvgIpc) is 2.84. The van der Waals surface area contributed by atoms with E-state index in [1.807, 2.05) is 13.8 Å². The molecule has 76 valence electrons. The second kappa shape index (κ2) is 4.61. The van der Waals surface area contributed by atoms with Gasteiger partial charge in [-0.15, -0.1) is 0 Å². The Hall–Kier alpha value is -0.570. The summed E-state index contributed by atoms with van der Waals surface area (Å²) in [6.45, 7) is 4.68. The Morgan fingerprint density at radius 1 is 1.54 bits per heavy atom. The van der Waals surface area contributed by atoms with Crippen LogP contribution in [0.4, 0.5) is 0 Å². The van der Waals surface area contributed by atoms with E-state index in [2.05, 4.69) is 5.32 Å². The molecule has 0 aromatic heterocycles. The van der Waals surface area contributed by atoms with Crippen LogP contribution in [-0.2, 0) is 4.79 Å². The molecule has 0 spiro atoms. The van der Waals surface area contributed by atoms with Crippen LogP contribution in [0, 0.1) is 11.8 Å². The number of rotatable bonds is 5. The molecule has 13 heavy (non-hydrogen) atoms. The van der Waals surface area contributed by atoms with E-state index in [1.165, 1.54) is 12.8 Å². The molecule has 3 N–H and O–H groups in total. The zero-order chi connectivity index (χ0) is 9.84. The second-order valence-corrected chi connectivity index (χ2v) is 4.18. The van der Waals surface area contributed by atoms with Crippen molar-refractivity contribution in [1.29, 1.82) is 0 Å². The first kappa shape index (κ1) is 10.5. The first-order chi connectivity index (χ1) is 6.11. The van der Waals surface area contributed by atoms with Gasteiger partial charge in [0, 0.05) is 18.5 Å². The number of amides is 1. The maximum atomic E-state index is 11.5. The molecule has 1 rings (SSSR count). The molecule has 2 unspecified atom stereocenters. The van der Waals surface area contributed by atoms with E-state index in [0.717, 1.165) is 6.42 Å². The highest BCUT2D eigenvalue weighted by Crippen LogP contribution is 2.36. The van der Waals surface area contributed by atoms with Crippen LogP contribution in [0.2, 0.25) is 0 Å². The lowest BCUT2D eigenvalue weighted by Crippen LogP contribution is -2.33. The molecule has 1 aliphatic carbocycles. The van der Waals surface area contributed by atoms with Crippen molar-refractivity contribution < 1.29 is 4.79 Å². The van der Waals surface area contributed by atoms with E-state index < -0.39 is 0 Å². The summed E-state index contributed by atoms with van der Waals surface area (Å²) >= 11 is 0. The van der Waals surface area contributed by atoms with Crippen LogP contribution in [0.1, 0.15) is 33.1 Å². The molecule has 0 radical (unpaired) electrons. The van der Waals surface area contributed by atoms with Crippen molar-refractivity contribution in [1.82, 2.24) is 5.32 Å². The van der Waals surface area contributed by atoms with E-state index in [4.69, 9.17) is 5.73 Å². The molecule has 0 aromatic carbocycles. The summed E-state index contributed by atoms with van der Waals surface area (Å²) in [5.41, 5.74) is 5.58. The predicted octanol–water partition coefficient (Wildman–Crippen LogP) is 0.886. The van der Waals surface area contributed by atoms with Crippen molar-refractivity contribution in [3.8, 4) is 0 Å². The second-order valence-electron chi connectivity index (χ2n) is 4.18. The predicted molar refractivity (Wildman–Crippen MR) is 53.2 cm³/mol. The molecular formula is C10H20N2O. The molecule has 3 heteroatoms. The van der Waals surface area contributed by atoms with Gasteiger partial charge in [0.2, 0.25) is 5.91 Å². The van der Waals surface area contributed by atoms with Crippen molar-refractivity contribution >= 4 is 5.91 Å². The van der Waals surface area contributed by atoms with Gasteiger partial charge in [0.15, 0.2) is 0 Å². The molecule has 0 aliphatic heterocycles. The molecule has 0 saturated heterocycles. The quantitative estimate of drug-likeness (QED) is 0.666. The summed E-state index contributed by atoms with van der Waals surface area (Å²) in [5, 5.41) is 2.92. The van der Waals surface area contributed by atoms with E-state index in [9.17, 15) is 4.79 Å². The molecule has 0 heterocycles. The summed E-state index contributed by atoms with van der Waals surface area (Å²) in [7, 11) is 0. The summed E-state index contributed by atoms with van der Waals surface area (Å²) in [6, 6.07) is 0.177. The maximum Gasteiger partial charge on any atom is 0.223 e. The van der Waals surface area contributed by atoms with Crippen molar-refractivity contribution in [2.75, 3.05) is 6.54 Å². The topological polar surface area (TPSA) is 55.1 Å². The minimum atomic E-state index is 0.177. The summed E-state index contributed by atoms with van der Waals surface area (Å²) in [5.74, 6) is 1.05. The number of hydrogen-bond acceptors (Lipinski definition) is 2. The van der Waals surface area contributed by atoms with Gasteiger partial charge in [-0.3, -0.25) is 4.79 Å². The number of nitrogens with one attached hydrogen (secondary N) is 1. The lowest BCUT2D eigenvalue weighted by molar-refractivity contribution is -0.125. The zero-order valence-electron chi connectivity index (χ0n) is 8.55. The summed E-state index contributed by atoms with van der Waals surface area (Å²) in [4.78, 5) is 11.5. The van der Waals surface area contributed by atoms with E-state index in [1.54, 1.807) is 0 Å². The highest BCUT2D eigenvalue weighted by atomic mass is 16.1. The normalized spacial score (nSPS) is 20.8.